The molecule has 2 N–H and O–H groups in total. The van der Waals surface area contributed by atoms with Gasteiger partial charge in [-0.3, -0.25) is 4.79 Å². The smallest absolute Gasteiger partial charge is 0.341 e. The molecule has 2 unspecified atom stereocenters. The molecule has 0 aromatic carbocycles. The highest BCUT2D eigenvalue weighted by molar-refractivity contribution is 7.09. The van der Waals surface area contributed by atoms with Gasteiger partial charge in [-0.15, -0.1) is 11.3 Å². The van der Waals surface area contributed by atoms with Crippen molar-refractivity contribution in [3.63, 3.8) is 0 Å². The molecule has 0 radical (unpaired) electrons. The molecule has 1 amide bonds. The standard InChI is InChI=1S/C14H20F3N3OS/c1-2-4-10(18)13(21)20-6-3-5-9(7-20)12-19-11(8-22-12)14(15,16)17/h8-10H,2-7,18H2,1H3. The third-order valence-corrected chi connectivity index (χ3v) is 4.82. The summed E-state index contributed by atoms with van der Waals surface area (Å²) in [6.07, 6.45) is -1.46. The second-order valence-electron chi connectivity index (χ2n) is 5.59. The summed E-state index contributed by atoms with van der Waals surface area (Å²) in [6, 6.07) is -0.522. The molecule has 1 aliphatic heterocycles. The van der Waals surface area contributed by atoms with Crippen LogP contribution in [0.2, 0.25) is 0 Å². The molecule has 22 heavy (non-hydrogen) atoms. The third kappa shape index (κ3) is 3.98. The van der Waals surface area contributed by atoms with Gasteiger partial charge in [0.2, 0.25) is 5.91 Å². The van der Waals surface area contributed by atoms with E-state index in [1.807, 2.05) is 6.92 Å². The lowest BCUT2D eigenvalue weighted by Crippen LogP contribution is -2.47. The summed E-state index contributed by atoms with van der Waals surface area (Å²) >= 11 is 1.02. The number of hydrogen-bond acceptors (Lipinski definition) is 4. The van der Waals surface area contributed by atoms with Gasteiger partial charge in [-0.05, 0) is 19.3 Å². The summed E-state index contributed by atoms with van der Waals surface area (Å²) < 4.78 is 37.9. The molecule has 2 heterocycles. The van der Waals surface area contributed by atoms with Crippen molar-refractivity contribution in [2.75, 3.05) is 13.1 Å². The number of carbonyl (C=O) groups is 1. The van der Waals surface area contributed by atoms with E-state index in [-0.39, 0.29) is 11.8 Å². The molecule has 1 aromatic rings. The van der Waals surface area contributed by atoms with Crippen LogP contribution in [0.5, 0.6) is 0 Å². The first-order chi connectivity index (χ1) is 10.3. The summed E-state index contributed by atoms with van der Waals surface area (Å²) in [5.41, 5.74) is 5.00. The Labute approximate surface area is 131 Å². The Morgan fingerprint density at radius 2 is 2.32 bits per heavy atom. The predicted octanol–water partition coefficient (Wildman–Crippen LogP) is 3.00. The van der Waals surface area contributed by atoms with Crippen molar-refractivity contribution in [3.05, 3.63) is 16.1 Å². The number of halogens is 3. The molecule has 0 aliphatic carbocycles. The molecule has 0 spiro atoms. The van der Waals surface area contributed by atoms with Crippen LogP contribution in [0, 0.1) is 0 Å². The largest absolute Gasteiger partial charge is 0.434 e. The van der Waals surface area contributed by atoms with Crippen LogP contribution in [0.3, 0.4) is 0 Å². The van der Waals surface area contributed by atoms with Crippen molar-refractivity contribution >= 4 is 17.2 Å². The molecule has 1 aliphatic rings. The quantitative estimate of drug-likeness (QED) is 0.920. The summed E-state index contributed by atoms with van der Waals surface area (Å²) in [4.78, 5) is 17.6. The molecule has 124 valence electrons. The molecule has 1 fully saturated rings. The highest BCUT2D eigenvalue weighted by atomic mass is 32.1. The number of thiazole rings is 1. The zero-order valence-electron chi connectivity index (χ0n) is 12.4. The number of aromatic nitrogens is 1. The number of alkyl halides is 3. The number of nitrogens with zero attached hydrogens (tertiary/aromatic N) is 2. The van der Waals surface area contributed by atoms with E-state index in [0.29, 0.717) is 24.5 Å². The lowest BCUT2D eigenvalue weighted by Gasteiger charge is -2.33. The summed E-state index contributed by atoms with van der Waals surface area (Å²) in [6.45, 7) is 2.98. The Morgan fingerprint density at radius 1 is 1.59 bits per heavy atom. The van der Waals surface area contributed by atoms with Crippen LogP contribution >= 0.6 is 11.3 Å². The third-order valence-electron chi connectivity index (χ3n) is 3.81. The molecule has 0 saturated carbocycles. The first-order valence-electron chi connectivity index (χ1n) is 7.40. The van der Waals surface area contributed by atoms with Gasteiger partial charge < -0.3 is 10.6 Å². The number of hydrogen-bond donors (Lipinski definition) is 1. The maximum atomic E-state index is 12.6. The number of piperidine rings is 1. The van der Waals surface area contributed by atoms with Gasteiger partial charge in [0, 0.05) is 24.4 Å². The first kappa shape index (κ1) is 17.2. The normalized spacial score (nSPS) is 21.0. The maximum Gasteiger partial charge on any atom is 0.434 e. The second kappa shape index (κ2) is 6.95. The van der Waals surface area contributed by atoms with Crippen molar-refractivity contribution in [1.82, 2.24) is 9.88 Å². The Kier molecular flexibility index (Phi) is 5.44. The SMILES string of the molecule is CCCC(N)C(=O)N1CCCC(c2nc(C(F)(F)F)cs2)C1. The number of amides is 1. The Bertz CT molecular complexity index is 518. The van der Waals surface area contributed by atoms with E-state index < -0.39 is 17.9 Å². The predicted molar refractivity (Wildman–Crippen MR) is 78.6 cm³/mol. The van der Waals surface area contributed by atoms with Crippen molar-refractivity contribution < 1.29 is 18.0 Å². The number of rotatable bonds is 4. The van der Waals surface area contributed by atoms with Crippen LogP contribution < -0.4 is 5.73 Å². The topological polar surface area (TPSA) is 59.2 Å². The van der Waals surface area contributed by atoms with Crippen LogP contribution in [-0.2, 0) is 11.0 Å². The molecular formula is C14H20F3N3OS. The van der Waals surface area contributed by atoms with Crippen molar-refractivity contribution in [3.8, 4) is 0 Å². The van der Waals surface area contributed by atoms with Crippen molar-refractivity contribution in [2.24, 2.45) is 5.73 Å². The van der Waals surface area contributed by atoms with E-state index in [2.05, 4.69) is 4.98 Å². The Morgan fingerprint density at radius 3 is 2.91 bits per heavy atom. The average Bonchev–Trinajstić information content (AvgIpc) is 2.97. The van der Waals surface area contributed by atoms with Crippen LogP contribution in [0.15, 0.2) is 5.38 Å². The van der Waals surface area contributed by atoms with E-state index in [4.69, 9.17) is 5.73 Å². The first-order valence-corrected chi connectivity index (χ1v) is 8.28. The summed E-state index contributed by atoms with van der Waals surface area (Å²) in [5, 5.41) is 1.49. The van der Waals surface area contributed by atoms with Crippen LogP contribution in [0.1, 0.15) is 49.2 Å². The van der Waals surface area contributed by atoms with E-state index in [0.717, 1.165) is 36.0 Å². The Balaban J connectivity index is 2.04. The van der Waals surface area contributed by atoms with Gasteiger partial charge in [-0.25, -0.2) is 4.98 Å². The van der Waals surface area contributed by atoms with Gasteiger partial charge in [-0.2, -0.15) is 13.2 Å². The highest BCUT2D eigenvalue weighted by Crippen LogP contribution is 2.35. The number of nitrogens with two attached hydrogens (primary N) is 1. The number of likely N-dealkylation sites (tertiary alicyclic amines) is 1. The van der Waals surface area contributed by atoms with Crippen LogP contribution in [-0.4, -0.2) is 34.9 Å². The van der Waals surface area contributed by atoms with Gasteiger partial charge in [0.05, 0.1) is 11.0 Å². The zero-order valence-corrected chi connectivity index (χ0v) is 13.2. The van der Waals surface area contributed by atoms with E-state index in [1.165, 1.54) is 0 Å². The second-order valence-corrected chi connectivity index (χ2v) is 6.48. The highest BCUT2D eigenvalue weighted by Gasteiger charge is 2.35. The van der Waals surface area contributed by atoms with Gasteiger partial charge in [-0.1, -0.05) is 13.3 Å². The monoisotopic (exact) mass is 335 g/mol. The molecule has 1 aromatic heterocycles. The molecule has 2 atom stereocenters. The summed E-state index contributed by atoms with van der Waals surface area (Å²) in [5.74, 6) is -0.244. The van der Waals surface area contributed by atoms with Gasteiger partial charge in [0.15, 0.2) is 5.69 Å². The molecule has 1 saturated heterocycles. The minimum absolute atomic E-state index is 0.112. The molecule has 0 bridgehead atoms. The molecule has 8 heteroatoms. The lowest BCUT2D eigenvalue weighted by molar-refractivity contribution is -0.141. The number of carbonyl (C=O) groups excluding carboxylic acids is 1. The fraction of sp³-hybridized carbons (Fsp3) is 0.714. The molecular weight excluding hydrogens is 315 g/mol. The fourth-order valence-corrected chi connectivity index (χ4v) is 3.61. The molecule has 4 nitrogen and oxygen atoms in total. The van der Waals surface area contributed by atoms with E-state index in [1.54, 1.807) is 4.90 Å². The zero-order chi connectivity index (χ0) is 16.3. The molecule has 2 rings (SSSR count). The van der Waals surface area contributed by atoms with E-state index >= 15 is 0 Å². The van der Waals surface area contributed by atoms with Gasteiger partial charge >= 0.3 is 6.18 Å². The fourth-order valence-electron chi connectivity index (χ4n) is 2.65. The lowest BCUT2D eigenvalue weighted by atomic mass is 9.97. The van der Waals surface area contributed by atoms with E-state index in [9.17, 15) is 18.0 Å². The minimum atomic E-state index is -4.41. The van der Waals surface area contributed by atoms with Crippen molar-refractivity contribution in [1.29, 1.82) is 0 Å². The minimum Gasteiger partial charge on any atom is -0.341 e. The summed E-state index contributed by atoms with van der Waals surface area (Å²) in [7, 11) is 0. The maximum absolute atomic E-state index is 12.6. The van der Waals surface area contributed by atoms with Crippen molar-refractivity contribution in [2.45, 2.75) is 50.7 Å². The Hall–Kier alpha value is -1.15. The van der Waals surface area contributed by atoms with Gasteiger partial charge in [0.1, 0.15) is 0 Å². The van der Waals surface area contributed by atoms with Gasteiger partial charge in [0.25, 0.3) is 0 Å². The average molecular weight is 335 g/mol. The van der Waals surface area contributed by atoms with Crippen LogP contribution in [0.25, 0.3) is 0 Å². The van der Waals surface area contributed by atoms with Crippen LogP contribution in [0.4, 0.5) is 13.2 Å².